The van der Waals surface area contributed by atoms with Crippen LogP contribution in [0.1, 0.15) is 44.6 Å². The first-order valence-corrected chi connectivity index (χ1v) is 9.25. The highest BCUT2D eigenvalue weighted by molar-refractivity contribution is 8.17. The summed E-state index contributed by atoms with van der Waals surface area (Å²) in [5.74, 6) is 0.402. The van der Waals surface area contributed by atoms with Gasteiger partial charge in [-0.3, -0.25) is 14.9 Å². The predicted octanol–water partition coefficient (Wildman–Crippen LogP) is 3.43. The molecule has 0 spiro atoms. The number of benzene rings is 1. The zero-order valence-electron chi connectivity index (χ0n) is 14.0. The van der Waals surface area contributed by atoms with E-state index in [0.29, 0.717) is 6.42 Å². The highest BCUT2D eigenvalue weighted by atomic mass is 32.2. The summed E-state index contributed by atoms with van der Waals surface area (Å²) in [6, 6.07) is 7.63. The molecule has 2 radical (unpaired) electrons. The Bertz CT molecular complexity index is 628. The number of carbonyl (C=O) groups is 2. The van der Waals surface area contributed by atoms with Gasteiger partial charge in [0.15, 0.2) is 0 Å². The number of carbonyl (C=O) groups excluding carboxylic acids is 2. The minimum atomic E-state index is -1.21. The Morgan fingerprint density at radius 2 is 1.83 bits per heavy atom. The fourth-order valence-electron chi connectivity index (χ4n) is 3.37. The van der Waals surface area contributed by atoms with Crippen LogP contribution in [0.3, 0.4) is 0 Å². The summed E-state index contributed by atoms with van der Waals surface area (Å²) in [6.45, 7) is 3.03. The van der Waals surface area contributed by atoms with Crippen LogP contribution in [0, 0.1) is 5.41 Å². The summed E-state index contributed by atoms with van der Waals surface area (Å²) in [6.07, 6.45) is 6.67. The lowest BCUT2D eigenvalue weighted by molar-refractivity contribution is -0.119. The Labute approximate surface area is 148 Å². The second-order valence-electron chi connectivity index (χ2n) is 7.21. The third-order valence-corrected chi connectivity index (χ3v) is 5.89. The molecule has 1 aliphatic heterocycles. The van der Waals surface area contributed by atoms with Crippen molar-refractivity contribution < 1.29 is 14.3 Å². The van der Waals surface area contributed by atoms with Crippen molar-refractivity contribution in [2.24, 2.45) is 5.41 Å². The molecule has 4 nitrogen and oxygen atoms in total. The summed E-state index contributed by atoms with van der Waals surface area (Å²) >= 11 is 0.850. The molecule has 2 amide bonds. The van der Waals surface area contributed by atoms with Gasteiger partial charge in [-0.25, -0.2) is 0 Å². The molecule has 1 aliphatic carbocycles. The van der Waals surface area contributed by atoms with Gasteiger partial charge in [-0.05, 0) is 37.0 Å². The van der Waals surface area contributed by atoms with E-state index >= 15 is 0 Å². The maximum absolute atomic E-state index is 11.8. The molecular weight excluding hydrogens is 321 g/mol. The first-order valence-electron chi connectivity index (χ1n) is 8.44. The Balaban J connectivity index is 1.57. The highest BCUT2D eigenvalue weighted by Gasteiger charge is 2.42. The van der Waals surface area contributed by atoms with E-state index in [2.05, 4.69) is 12.2 Å². The average Bonchev–Trinajstić information content (AvgIpc) is 2.79. The van der Waals surface area contributed by atoms with Crippen LogP contribution in [-0.4, -0.2) is 30.2 Å². The van der Waals surface area contributed by atoms with Crippen molar-refractivity contribution in [1.82, 2.24) is 5.32 Å². The van der Waals surface area contributed by atoms with Crippen LogP contribution in [0.15, 0.2) is 24.3 Å². The maximum Gasteiger partial charge on any atom is 0.285 e. The average molecular weight is 343 g/mol. The van der Waals surface area contributed by atoms with E-state index in [4.69, 9.17) is 12.6 Å². The van der Waals surface area contributed by atoms with Crippen LogP contribution in [-0.2, 0) is 11.2 Å². The quantitative estimate of drug-likeness (QED) is 0.833. The first-order chi connectivity index (χ1) is 11.4. The van der Waals surface area contributed by atoms with E-state index in [9.17, 15) is 9.59 Å². The molecule has 126 valence electrons. The van der Waals surface area contributed by atoms with Gasteiger partial charge in [-0.15, -0.1) is 0 Å². The Kier molecular flexibility index (Phi) is 4.95. The van der Waals surface area contributed by atoms with Crippen molar-refractivity contribution in [2.75, 3.05) is 6.61 Å². The number of rotatable bonds is 5. The van der Waals surface area contributed by atoms with Gasteiger partial charge in [-0.2, -0.15) is 0 Å². The summed E-state index contributed by atoms with van der Waals surface area (Å²) in [4.78, 5) is 23.1. The minimum Gasteiger partial charge on any atom is -0.493 e. The third kappa shape index (κ3) is 3.97. The smallest absolute Gasteiger partial charge is 0.285 e. The van der Waals surface area contributed by atoms with Crippen molar-refractivity contribution >= 4 is 30.8 Å². The largest absolute Gasteiger partial charge is 0.493 e. The summed E-state index contributed by atoms with van der Waals surface area (Å²) in [7, 11) is 6.04. The molecule has 24 heavy (non-hydrogen) atoms. The number of ether oxygens (including phenoxy) is 1. The molecule has 0 bridgehead atoms. The molecule has 6 heteroatoms. The van der Waals surface area contributed by atoms with Gasteiger partial charge in [0.1, 0.15) is 13.6 Å². The Hall–Kier alpha value is -1.43. The fraction of sp³-hybridized carbons (Fsp3) is 0.556. The second kappa shape index (κ2) is 6.83. The van der Waals surface area contributed by atoms with Crippen LogP contribution in [0.5, 0.6) is 5.75 Å². The molecule has 1 aromatic rings. The van der Waals surface area contributed by atoms with E-state index in [1.807, 2.05) is 24.3 Å². The second-order valence-corrected chi connectivity index (χ2v) is 8.52. The van der Waals surface area contributed by atoms with Crippen LogP contribution in [0.2, 0.25) is 0 Å². The minimum absolute atomic E-state index is 0.275. The summed E-state index contributed by atoms with van der Waals surface area (Å²) in [5.41, 5.74) is 1.18. The zero-order chi connectivity index (χ0) is 17.2. The topological polar surface area (TPSA) is 55.4 Å². The molecule has 1 saturated heterocycles. The molecule has 1 aromatic carbocycles. The number of hydrogen-bond donors (Lipinski definition) is 1. The highest BCUT2D eigenvalue weighted by Crippen LogP contribution is 2.36. The van der Waals surface area contributed by atoms with E-state index in [0.717, 1.165) is 29.7 Å². The molecular formula is C18H22BNO3S. The lowest BCUT2D eigenvalue weighted by atomic mass is 9.76. The van der Waals surface area contributed by atoms with Gasteiger partial charge in [0.2, 0.25) is 5.91 Å². The molecule has 2 fully saturated rings. The zero-order valence-corrected chi connectivity index (χ0v) is 14.8. The van der Waals surface area contributed by atoms with Gasteiger partial charge in [0, 0.05) is 5.41 Å². The van der Waals surface area contributed by atoms with Crippen molar-refractivity contribution in [1.29, 1.82) is 0 Å². The Morgan fingerprint density at radius 1 is 1.17 bits per heavy atom. The third-order valence-electron chi connectivity index (χ3n) is 4.91. The Morgan fingerprint density at radius 3 is 2.42 bits per heavy atom. The normalized spacial score (nSPS) is 26.2. The van der Waals surface area contributed by atoms with Gasteiger partial charge < -0.3 is 4.74 Å². The maximum atomic E-state index is 11.8. The molecule has 0 unspecified atom stereocenters. The molecule has 0 aromatic heterocycles. The summed E-state index contributed by atoms with van der Waals surface area (Å²) in [5, 5.41) is 1.85. The molecule has 2 aliphatic rings. The van der Waals surface area contributed by atoms with Gasteiger partial charge in [0.25, 0.3) is 5.24 Å². The summed E-state index contributed by atoms with van der Waals surface area (Å²) < 4.78 is 4.75. The van der Waals surface area contributed by atoms with E-state index in [1.165, 1.54) is 32.1 Å². The SMILES string of the molecule is [B][C@@]1(Cc2ccc(OCC3(C)CCCCC3)cc2)SC(=O)NC1=O. The monoisotopic (exact) mass is 343 g/mol. The van der Waals surface area contributed by atoms with Gasteiger partial charge >= 0.3 is 0 Å². The lowest BCUT2D eigenvalue weighted by Gasteiger charge is -2.33. The molecule has 1 heterocycles. The molecule has 1 N–H and O–H groups in total. The van der Waals surface area contributed by atoms with Crippen LogP contribution in [0.4, 0.5) is 4.79 Å². The molecule has 3 rings (SSSR count). The standard InChI is InChI=1S/C18H22BNO3S/c1-17(9-3-2-4-10-17)12-23-14-7-5-13(6-8-14)11-18(19)15(21)20-16(22)24-18/h5-8H,2-4,9-12H2,1H3,(H,20,21,22)/t18-/m0/s1. The first kappa shape index (κ1) is 17.4. The van der Waals surface area contributed by atoms with Crippen LogP contribution >= 0.6 is 11.8 Å². The lowest BCUT2D eigenvalue weighted by Crippen LogP contribution is -2.38. The van der Waals surface area contributed by atoms with Crippen molar-refractivity contribution in [3.63, 3.8) is 0 Å². The van der Waals surface area contributed by atoms with E-state index in [1.54, 1.807) is 0 Å². The van der Waals surface area contributed by atoms with Gasteiger partial charge in [-0.1, -0.05) is 50.1 Å². The van der Waals surface area contributed by atoms with Crippen LogP contribution in [0.25, 0.3) is 0 Å². The number of amides is 2. The van der Waals surface area contributed by atoms with Crippen molar-refractivity contribution in [3.05, 3.63) is 29.8 Å². The fourth-order valence-corrected chi connectivity index (χ4v) is 4.22. The van der Waals surface area contributed by atoms with E-state index < -0.39 is 10.6 Å². The van der Waals surface area contributed by atoms with Crippen molar-refractivity contribution in [2.45, 2.75) is 50.1 Å². The van der Waals surface area contributed by atoms with Gasteiger partial charge in [0.05, 0.1) is 11.3 Å². The van der Waals surface area contributed by atoms with Crippen molar-refractivity contribution in [3.8, 4) is 5.75 Å². The number of nitrogens with one attached hydrogen (secondary N) is 1. The predicted molar refractivity (Wildman–Crippen MR) is 96.4 cm³/mol. The number of imide groups is 1. The number of thioether (sulfide) groups is 1. The molecule has 1 atom stereocenters. The van der Waals surface area contributed by atoms with E-state index in [-0.39, 0.29) is 10.7 Å². The molecule has 1 saturated carbocycles. The number of hydrogen-bond acceptors (Lipinski definition) is 4. The van der Waals surface area contributed by atoms with Crippen LogP contribution < -0.4 is 10.1 Å².